The zero-order chi connectivity index (χ0) is 24.1. The minimum Gasteiger partial charge on any atom is -0.444 e. The predicted octanol–water partition coefficient (Wildman–Crippen LogP) is 3.11. The summed E-state index contributed by atoms with van der Waals surface area (Å²) < 4.78 is 21.8. The maximum Gasteiger partial charge on any atom is 0.414 e. The molecule has 10 heteroatoms. The standard InChI is InChI=1S/C25H23FN4O4S/c26-19-4-1-14-2-6-23(32)30-11-15(9-18(19)24(14)30)27-8-7-17-12-29(25(33)34-17)16-3-5-21-20(10-16)28-22(31)13-35-21/h1-6,10,15,17,27H,7-9,11-13H2,(H,28,31)/t15-,17-/m1/s1. The number of aromatic nitrogens is 1. The minimum absolute atomic E-state index is 0.0590. The van der Waals surface area contributed by atoms with Crippen LogP contribution in [0.25, 0.3) is 10.9 Å². The van der Waals surface area contributed by atoms with Crippen molar-refractivity contribution in [3.05, 3.63) is 64.2 Å². The zero-order valence-corrected chi connectivity index (χ0v) is 19.6. The van der Waals surface area contributed by atoms with Crippen LogP contribution in [0, 0.1) is 5.82 Å². The molecular formula is C25H23FN4O4S. The van der Waals surface area contributed by atoms with E-state index in [-0.39, 0.29) is 29.4 Å². The first kappa shape index (κ1) is 22.1. The lowest BCUT2D eigenvalue weighted by Gasteiger charge is -2.28. The number of pyridine rings is 1. The molecule has 35 heavy (non-hydrogen) atoms. The second-order valence-corrected chi connectivity index (χ2v) is 10.0. The largest absolute Gasteiger partial charge is 0.444 e. The van der Waals surface area contributed by atoms with Crippen LogP contribution in [0.2, 0.25) is 0 Å². The average Bonchev–Trinajstić information content (AvgIpc) is 3.22. The van der Waals surface area contributed by atoms with Crippen molar-refractivity contribution < 1.29 is 18.7 Å². The third-order valence-electron chi connectivity index (χ3n) is 6.73. The van der Waals surface area contributed by atoms with E-state index < -0.39 is 6.09 Å². The van der Waals surface area contributed by atoms with Gasteiger partial charge in [-0.25, -0.2) is 9.18 Å². The number of amides is 2. The van der Waals surface area contributed by atoms with Gasteiger partial charge in [-0.15, -0.1) is 11.8 Å². The Morgan fingerprint density at radius 2 is 1.97 bits per heavy atom. The summed E-state index contributed by atoms with van der Waals surface area (Å²) in [5.41, 5.74) is 2.47. The number of fused-ring (bicyclic) bond motifs is 1. The lowest BCUT2D eigenvalue weighted by Crippen LogP contribution is -2.42. The minimum atomic E-state index is -0.420. The molecule has 2 amide bonds. The van der Waals surface area contributed by atoms with Gasteiger partial charge in [-0.3, -0.25) is 14.5 Å². The number of carbonyl (C=O) groups excluding carboxylic acids is 2. The molecule has 3 aromatic rings. The van der Waals surface area contributed by atoms with Gasteiger partial charge >= 0.3 is 6.09 Å². The van der Waals surface area contributed by atoms with Crippen LogP contribution in [-0.2, 0) is 22.5 Å². The molecule has 8 nitrogen and oxygen atoms in total. The number of benzene rings is 2. The first-order chi connectivity index (χ1) is 17.0. The third kappa shape index (κ3) is 4.06. The molecule has 3 aliphatic rings. The molecule has 2 aromatic carbocycles. The summed E-state index contributed by atoms with van der Waals surface area (Å²) in [5.74, 6) is 0.0237. The van der Waals surface area contributed by atoms with Crippen LogP contribution >= 0.6 is 11.8 Å². The number of hydrogen-bond donors (Lipinski definition) is 2. The van der Waals surface area contributed by atoms with Crippen LogP contribution in [0.5, 0.6) is 0 Å². The van der Waals surface area contributed by atoms with Gasteiger partial charge < -0.3 is 19.9 Å². The van der Waals surface area contributed by atoms with Gasteiger partial charge in [0, 0.05) is 34.8 Å². The molecule has 0 unspecified atom stereocenters. The number of ether oxygens (including phenoxy) is 1. The fraction of sp³-hybridized carbons (Fsp3) is 0.320. The molecule has 2 atom stereocenters. The summed E-state index contributed by atoms with van der Waals surface area (Å²) in [5, 5.41) is 7.12. The van der Waals surface area contributed by atoms with Crippen molar-refractivity contribution in [2.24, 2.45) is 0 Å². The number of anilines is 2. The summed E-state index contributed by atoms with van der Waals surface area (Å²) in [6, 6.07) is 11.9. The molecule has 4 heterocycles. The van der Waals surface area contributed by atoms with Crippen LogP contribution in [0.15, 0.2) is 52.2 Å². The first-order valence-electron chi connectivity index (χ1n) is 11.6. The Morgan fingerprint density at radius 3 is 2.86 bits per heavy atom. The van der Waals surface area contributed by atoms with Gasteiger partial charge in [0.25, 0.3) is 5.56 Å². The number of nitrogens with zero attached hydrogens (tertiary/aromatic N) is 2. The molecule has 1 aromatic heterocycles. The highest BCUT2D eigenvalue weighted by molar-refractivity contribution is 8.00. The highest BCUT2D eigenvalue weighted by Crippen LogP contribution is 2.35. The Balaban J connectivity index is 1.09. The first-order valence-corrected chi connectivity index (χ1v) is 12.5. The van der Waals surface area contributed by atoms with Crippen LogP contribution in [0.4, 0.5) is 20.6 Å². The normalized spacial score (nSPS) is 21.1. The van der Waals surface area contributed by atoms with Crippen molar-refractivity contribution in [1.29, 1.82) is 0 Å². The average molecular weight is 495 g/mol. The lowest BCUT2D eigenvalue weighted by molar-refractivity contribution is -0.113. The van der Waals surface area contributed by atoms with Crippen molar-refractivity contribution >= 4 is 46.0 Å². The molecule has 0 spiro atoms. The number of rotatable bonds is 5. The van der Waals surface area contributed by atoms with E-state index in [1.807, 2.05) is 12.1 Å². The fourth-order valence-corrected chi connectivity index (χ4v) is 5.85. The van der Waals surface area contributed by atoms with E-state index in [4.69, 9.17) is 4.74 Å². The van der Waals surface area contributed by atoms with Crippen LogP contribution in [-0.4, -0.2) is 47.6 Å². The molecule has 0 bridgehead atoms. The molecule has 180 valence electrons. The van der Waals surface area contributed by atoms with E-state index in [1.54, 1.807) is 27.7 Å². The maximum absolute atomic E-state index is 14.6. The summed E-state index contributed by atoms with van der Waals surface area (Å²) in [4.78, 5) is 39.2. The molecule has 6 rings (SSSR count). The molecular weight excluding hydrogens is 471 g/mol. The Morgan fingerprint density at radius 1 is 1.11 bits per heavy atom. The Hall–Kier alpha value is -3.37. The van der Waals surface area contributed by atoms with Crippen molar-refractivity contribution in [3.8, 4) is 0 Å². The third-order valence-corrected chi connectivity index (χ3v) is 7.81. The van der Waals surface area contributed by atoms with E-state index in [9.17, 15) is 18.8 Å². The van der Waals surface area contributed by atoms with E-state index >= 15 is 0 Å². The molecule has 3 aliphatic heterocycles. The zero-order valence-electron chi connectivity index (χ0n) is 18.8. The van der Waals surface area contributed by atoms with Gasteiger partial charge in [0.05, 0.1) is 23.5 Å². The number of thioether (sulfide) groups is 1. The SMILES string of the molecule is O=C1CSc2ccc(N3C[C@@H](CCN[C@@H]4Cc5c(F)ccc6ccc(=O)n(c56)C4)OC3=O)cc2N1. The lowest BCUT2D eigenvalue weighted by atomic mass is 9.97. The predicted molar refractivity (Wildman–Crippen MR) is 132 cm³/mol. The molecule has 2 N–H and O–H groups in total. The number of nitrogens with one attached hydrogen (secondary N) is 2. The van der Waals surface area contributed by atoms with Crippen molar-refractivity contribution in [1.82, 2.24) is 9.88 Å². The summed E-state index contributed by atoms with van der Waals surface area (Å²) in [6.07, 6.45) is 0.354. The van der Waals surface area contributed by atoms with E-state index in [1.165, 1.54) is 23.9 Å². The number of hydrogen-bond acceptors (Lipinski definition) is 6. The second-order valence-electron chi connectivity index (χ2n) is 9.02. The molecule has 1 fully saturated rings. The van der Waals surface area contributed by atoms with Crippen molar-refractivity contribution in [3.63, 3.8) is 0 Å². The number of carbonyl (C=O) groups is 2. The van der Waals surface area contributed by atoms with Gasteiger partial charge in [-0.1, -0.05) is 0 Å². The van der Waals surface area contributed by atoms with E-state index in [0.717, 1.165) is 10.3 Å². The van der Waals surface area contributed by atoms with E-state index in [0.29, 0.717) is 60.7 Å². The van der Waals surface area contributed by atoms with Crippen molar-refractivity contribution in [2.45, 2.75) is 36.4 Å². The fourth-order valence-electron chi connectivity index (χ4n) is 5.06. The van der Waals surface area contributed by atoms with Gasteiger partial charge in [-0.05, 0) is 61.2 Å². The van der Waals surface area contributed by atoms with Crippen molar-refractivity contribution in [2.75, 3.05) is 29.1 Å². The highest BCUT2D eigenvalue weighted by Gasteiger charge is 2.33. The van der Waals surface area contributed by atoms with Crippen LogP contribution < -0.4 is 21.1 Å². The number of halogens is 1. The van der Waals surface area contributed by atoms with Crippen LogP contribution in [0.3, 0.4) is 0 Å². The quantitative estimate of drug-likeness (QED) is 0.566. The molecule has 0 aliphatic carbocycles. The topological polar surface area (TPSA) is 92.7 Å². The molecule has 0 saturated carbocycles. The smallest absolute Gasteiger partial charge is 0.414 e. The Kier molecular flexibility index (Phi) is 5.49. The molecule has 1 saturated heterocycles. The second kappa shape index (κ2) is 8.69. The number of cyclic esters (lactones) is 1. The maximum atomic E-state index is 14.6. The van der Waals surface area contributed by atoms with Gasteiger partial charge in [0.2, 0.25) is 5.91 Å². The summed E-state index contributed by atoms with van der Waals surface area (Å²) in [6.45, 7) is 1.42. The summed E-state index contributed by atoms with van der Waals surface area (Å²) >= 11 is 1.47. The van der Waals surface area contributed by atoms with Gasteiger partial charge in [0.15, 0.2) is 0 Å². The summed E-state index contributed by atoms with van der Waals surface area (Å²) in [7, 11) is 0. The Bertz CT molecular complexity index is 1420. The van der Waals surface area contributed by atoms with E-state index in [2.05, 4.69) is 10.6 Å². The Labute approximate surface area is 204 Å². The monoisotopic (exact) mass is 494 g/mol. The van der Waals surface area contributed by atoms with Gasteiger partial charge in [-0.2, -0.15) is 0 Å². The van der Waals surface area contributed by atoms with Crippen LogP contribution in [0.1, 0.15) is 12.0 Å². The van der Waals surface area contributed by atoms with Gasteiger partial charge in [0.1, 0.15) is 11.9 Å². The highest BCUT2D eigenvalue weighted by atomic mass is 32.2. The molecule has 0 radical (unpaired) electrons.